The zero-order valence-electron chi connectivity index (χ0n) is 9.21. The molecule has 14 heavy (non-hydrogen) atoms. The topological polar surface area (TPSA) is 30.5 Å². The van der Waals surface area contributed by atoms with Gasteiger partial charge in [-0.2, -0.15) is 0 Å². The Balaban J connectivity index is 2.09. The largest absolute Gasteiger partial charge is 0.378 e. The van der Waals surface area contributed by atoms with E-state index in [2.05, 4.69) is 12.2 Å². The summed E-state index contributed by atoms with van der Waals surface area (Å²) in [7, 11) is 1.81. The van der Waals surface area contributed by atoms with Gasteiger partial charge in [-0.1, -0.05) is 12.8 Å². The van der Waals surface area contributed by atoms with Crippen molar-refractivity contribution in [3.63, 3.8) is 0 Å². The molecule has 82 valence electrons. The molecule has 0 bridgehead atoms. The smallest absolute Gasteiger partial charge is 0.107 e. The van der Waals surface area contributed by atoms with E-state index in [4.69, 9.17) is 9.47 Å². The predicted octanol–water partition coefficient (Wildman–Crippen LogP) is 1.32. The van der Waals surface area contributed by atoms with Crippen LogP contribution < -0.4 is 5.32 Å². The van der Waals surface area contributed by atoms with Crippen LogP contribution in [0.4, 0.5) is 0 Å². The molecule has 3 heteroatoms. The molecule has 2 aliphatic rings. The minimum atomic E-state index is -0.0370. The number of ether oxygens (including phenoxy) is 2. The molecular formula is C11H21NO2. The van der Waals surface area contributed by atoms with Crippen LogP contribution in [0.25, 0.3) is 0 Å². The Kier molecular flexibility index (Phi) is 3.10. The lowest BCUT2D eigenvalue weighted by Gasteiger charge is -2.47. The second kappa shape index (κ2) is 4.17. The van der Waals surface area contributed by atoms with Crippen LogP contribution >= 0.6 is 0 Å². The first-order chi connectivity index (χ1) is 6.77. The fourth-order valence-electron chi connectivity index (χ4n) is 2.82. The van der Waals surface area contributed by atoms with Crippen molar-refractivity contribution in [2.45, 2.75) is 50.4 Å². The number of morpholine rings is 1. The first kappa shape index (κ1) is 10.4. The zero-order chi connectivity index (χ0) is 10.0. The van der Waals surface area contributed by atoms with Crippen LogP contribution in [0.3, 0.4) is 0 Å². The summed E-state index contributed by atoms with van der Waals surface area (Å²) >= 11 is 0. The maximum Gasteiger partial charge on any atom is 0.107 e. The first-order valence-corrected chi connectivity index (χ1v) is 5.68. The van der Waals surface area contributed by atoms with E-state index in [0.29, 0.717) is 6.10 Å². The third-order valence-corrected chi connectivity index (χ3v) is 3.48. The fraction of sp³-hybridized carbons (Fsp3) is 1.00. The molecule has 0 amide bonds. The van der Waals surface area contributed by atoms with Gasteiger partial charge in [0.25, 0.3) is 0 Å². The monoisotopic (exact) mass is 199 g/mol. The van der Waals surface area contributed by atoms with E-state index >= 15 is 0 Å². The Morgan fingerprint density at radius 3 is 3.00 bits per heavy atom. The molecule has 3 atom stereocenters. The van der Waals surface area contributed by atoms with Gasteiger partial charge < -0.3 is 14.8 Å². The Morgan fingerprint density at radius 2 is 2.29 bits per heavy atom. The van der Waals surface area contributed by atoms with Gasteiger partial charge in [-0.15, -0.1) is 0 Å². The van der Waals surface area contributed by atoms with Crippen LogP contribution in [0.15, 0.2) is 0 Å². The standard InChI is InChI=1S/C11H21NO2/c1-9-7-12-8-11(14-9)6-4-3-5-10(11)13-2/h9-10,12H,3-8H2,1-2H3. The predicted molar refractivity (Wildman–Crippen MR) is 55.4 cm³/mol. The van der Waals surface area contributed by atoms with E-state index < -0.39 is 0 Å². The van der Waals surface area contributed by atoms with Gasteiger partial charge in [0.05, 0.1) is 12.2 Å². The summed E-state index contributed by atoms with van der Waals surface area (Å²) in [5.41, 5.74) is -0.0370. The summed E-state index contributed by atoms with van der Waals surface area (Å²) in [6.45, 7) is 4.06. The van der Waals surface area contributed by atoms with E-state index in [1.54, 1.807) is 7.11 Å². The highest BCUT2D eigenvalue weighted by molar-refractivity contribution is 4.97. The van der Waals surface area contributed by atoms with Crippen molar-refractivity contribution in [3.8, 4) is 0 Å². The lowest BCUT2D eigenvalue weighted by Crippen LogP contribution is -2.60. The molecule has 1 aliphatic heterocycles. The molecular weight excluding hydrogens is 178 g/mol. The minimum absolute atomic E-state index is 0.0370. The molecule has 1 heterocycles. The summed E-state index contributed by atoms with van der Waals surface area (Å²) < 4.78 is 11.7. The molecule has 0 aromatic carbocycles. The number of hydrogen-bond acceptors (Lipinski definition) is 3. The summed E-state index contributed by atoms with van der Waals surface area (Å²) in [5, 5.41) is 3.45. The summed E-state index contributed by atoms with van der Waals surface area (Å²) in [5.74, 6) is 0. The molecule has 1 aliphatic carbocycles. The Hall–Kier alpha value is -0.120. The average Bonchev–Trinajstić information content (AvgIpc) is 2.18. The quantitative estimate of drug-likeness (QED) is 0.691. The van der Waals surface area contributed by atoms with E-state index in [-0.39, 0.29) is 11.7 Å². The molecule has 3 nitrogen and oxygen atoms in total. The highest BCUT2D eigenvalue weighted by Gasteiger charge is 2.44. The van der Waals surface area contributed by atoms with Crippen molar-refractivity contribution in [3.05, 3.63) is 0 Å². The van der Waals surface area contributed by atoms with Crippen molar-refractivity contribution in [1.82, 2.24) is 5.32 Å². The van der Waals surface area contributed by atoms with Crippen LogP contribution in [0.5, 0.6) is 0 Å². The second-order valence-electron chi connectivity index (χ2n) is 4.59. The van der Waals surface area contributed by atoms with Crippen molar-refractivity contribution in [2.24, 2.45) is 0 Å². The van der Waals surface area contributed by atoms with Crippen LogP contribution in [0, 0.1) is 0 Å². The molecule has 3 unspecified atom stereocenters. The van der Waals surface area contributed by atoms with Crippen molar-refractivity contribution < 1.29 is 9.47 Å². The van der Waals surface area contributed by atoms with E-state index in [0.717, 1.165) is 25.9 Å². The number of nitrogens with one attached hydrogen (secondary N) is 1. The maximum atomic E-state index is 6.13. The van der Waals surface area contributed by atoms with Gasteiger partial charge in [0, 0.05) is 20.2 Å². The third kappa shape index (κ3) is 1.81. The minimum Gasteiger partial charge on any atom is -0.378 e. The zero-order valence-corrected chi connectivity index (χ0v) is 9.21. The van der Waals surface area contributed by atoms with Crippen molar-refractivity contribution in [1.29, 1.82) is 0 Å². The lowest BCUT2D eigenvalue weighted by atomic mass is 9.80. The molecule has 1 spiro atoms. The highest BCUT2D eigenvalue weighted by atomic mass is 16.6. The number of hydrogen-bond donors (Lipinski definition) is 1. The van der Waals surface area contributed by atoms with Crippen molar-refractivity contribution in [2.75, 3.05) is 20.2 Å². The molecule has 0 radical (unpaired) electrons. The Labute approximate surface area is 86.2 Å². The van der Waals surface area contributed by atoms with Crippen molar-refractivity contribution >= 4 is 0 Å². The highest BCUT2D eigenvalue weighted by Crippen LogP contribution is 2.35. The van der Waals surface area contributed by atoms with Crippen LogP contribution in [-0.4, -0.2) is 38.0 Å². The van der Waals surface area contributed by atoms with E-state index in [1.807, 2.05) is 0 Å². The summed E-state index contributed by atoms with van der Waals surface area (Å²) in [4.78, 5) is 0. The molecule has 1 saturated carbocycles. The van der Waals surface area contributed by atoms with Crippen LogP contribution in [-0.2, 0) is 9.47 Å². The molecule has 2 fully saturated rings. The van der Waals surface area contributed by atoms with E-state index in [9.17, 15) is 0 Å². The number of rotatable bonds is 1. The van der Waals surface area contributed by atoms with Crippen LogP contribution in [0.1, 0.15) is 32.6 Å². The van der Waals surface area contributed by atoms with Gasteiger partial charge in [0.2, 0.25) is 0 Å². The SMILES string of the molecule is COC1CCCCC12CNCC(C)O2. The van der Waals surface area contributed by atoms with Gasteiger partial charge in [0.15, 0.2) is 0 Å². The van der Waals surface area contributed by atoms with Gasteiger partial charge in [-0.25, -0.2) is 0 Å². The normalized spacial score (nSPS) is 44.1. The Bertz CT molecular complexity index is 194. The van der Waals surface area contributed by atoms with Gasteiger partial charge in [-0.05, 0) is 19.8 Å². The maximum absolute atomic E-state index is 6.13. The number of methoxy groups -OCH3 is 1. The third-order valence-electron chi connectivity index (χ3n) is 3.48. The fourth-order valence-corrected chi connectivity index (χ4v) is 2.82. The molecule has 1 N–H and O–H groups in total. The summed E-state index contributed by atoms with van der Waals surface area (Å²) in [6.07, 6.45) is 5.44. The van der Waals surface area contributed by atoms with Gasteiger partial charge in [-0.3, -0.25) is 0 Å². The lowest BCUT2D eigenvalue weighted by molar-refractivity contribution is -0.190. The average molecular weight is 199 g/mol. The van der Waals surface area contributed by atoms with Gasteiger partial charge in [0.1, 0.15) is 5.60 Å². The molecule has 2 rings (SSSR count). The summed E-state index contributed by atoms with van der Waals surface area (Å²) in [6, 6.07) is 0. The van der Waals surface area contributed by atoms with E-state index in [1.165, 1.54) is 12.8 Å². The molecule has 1 saturated heterocycles. The first-order valence-electron chi connectivity index (χ1n) is 5.68. The Morgan fingerprint density at radius 1 is 1.43 bits per heavy atom. The second-order valence-corrected chi connectivity index (χ2v) is 4.59. The molecule has 0 aromatic heterocycles. The van der Waals surface area contributed by atoms with Gasteiger partial charge >= 0.3 is 0 Å². The molecule has 0 aromatic rings. The van der Waals surface area contributed by atoms with Crippen LogP contribution in [0.2, 0.25) is 0 Å².